The van der Waals surface area contributed by atoms with E-state index in [1.165, 1.54) is 6.42 Å². The number of nitrogens with zero attached hydrogens (tertiary/aromatic N) is 3. The van der Waals surface area contributed by atoms with E-state index in [4.69, 9.17) is 5.26 Å². The molecule has 0 aliphatic heterocycles. The second-order valence-electron chi connectivity index (χ2n) is 5.39. The van der Waals surface area contributed by atoms with Crippen LogP contribution in [-0.2, 0) is 0 Å². The largest absolute Gasteiger partial charge is 0.309 e. The lowest BCUT2D eigenvalue weighted by Gasteiger charge is -2.24. The maximum Gasteiger partial charge on any atom is 0.103 e. The van der Waals surface area contributed by atoms with E-state index < -0.39 is 0 Å². The Morgan fingerprint density at radius 1 is 1.17 bits per heavy atom. The van der Waals surface area contributed by atoms with Crippen molar-refractivity contribution in [2.45, 2.75) is 38.6 Å². The molecule has 1 N–H and O–H groups in total. The van der Waals surface area contributed by atoms with Crippen molar-refractivity contribution >= 4 is 0 Å². The molecular weight excluding hydrogens is 224 g/mol. The number of rotatable bonds is 10. The molecule has 0 aliphatic carbocycles. The van der Waals surface area contributed by atoms with Gasteiger partial charge in [-0.25, -0.2) is 0 Å². The summed E-state index contributed by atoms with van der Waals surface area (Å²) in [6, 6.07) is 2.34. The van der Waals surface area contributed by atoms with Crippen LogP contribution in [0.2, 0.25) is 0 Å². The maximum absolute atomic E-state index is 9.08. The number of nitrogens with one attached hydrogen (secondary N) is 1. The van der Waals surface area contributed by atoms with E-state index in [1.807, 2.05) is 14.0 Å². The smallest absolute Gasteiger partial charge is 0.103 e. The van der Waals surface area contributed by atoms with Gasteiger partial charge in [0.1, 0.15) is 5.54 Å². The van der Waals surface area contributed by atoms with Gasteiger partial charge in [0.2, 0.25) is 0 Å². The highest BCUT2D eigenvalue weighted by molar-refractivity contribution is 5.02. The van der Waals surface area contributed by atoms with Crippen molar-refractivity contribution in [3.05, 3.63) is 0 Å². The third-order valence-electron chi connectivity index (χ3n) is 3.48. The first-order valence-electron chi connectivity index (χ1n) is 6.94. The van der Waals surface area contributed by atoms with Gasteiger partial charge in [0.05, 0.1) is 6.07 Å². The van der Waals surface area contributed by atoms with E-state index in [0.717, 1.165) is 39.0 Å². The molecule has 0 radical (unpaired) electrons. The fraction of sp³-hybridized carbons (Fsp3) is 0.929. The molecule has 0 heterocycles. The van der Waals surface area contributed by atoms with Gasteiger partial charge in [0.15, 0.2) is 0 Å². The Morgan fingerprint density at radius 2 is 1.78 bits per heavy atom. The number of hydrogen-bond acceptors (Lipinski definition) is 4. The van der Waals surface area contributed by atoms with Gasteiger partial charge >= 0.3 is 0 Å². The molecule has 4 heteroatoms. The first-order valence-corrected chi connectivity index (χ1v) is 6.94. The molecule has 18 heavy (non-hydrogen) atoms. The van der Waals surface area contributed by atoms with Crippen LogP contribution >= 0.6 is 0 Å². The van der Waals surface area contributed by atoms with Crippen LogP contribution in [0.4, 0.5) is 0 Å². The zero-order valence-corrected chi connectivity index (χ0v) is 12.8. The van der Waals surface area contributed by atoms with Gasteiger partial charge in [0.25, 0.3) is 0 Å². The molecule has 0 fully saturated rings. The highest BCUT2D eigenvalue weighted by Gasteiger charge is 2.20. The van der Waals surface area contributed by atoms with Crippen molar-refractivity contribution in [1.82, 2.24) is 15.1 Å². The highest BCUT2D eigenvalue weighted by atomic mass is 15.1. The standard InChI is InChI=1S/C14H30N4/c1-6-18(12-8-10-17(4)5)11-7-9-14(2,13-15)16-3/h16H,6-12H2,1-5H3. The van der Waals surface area contributed by atoms with E-state index in [9.17, 15) is 0 Å². The second-order valence-corrected chi connectivity index (χ2v) is 5.39. The topological polar surface area (TPSA) is 42.3 Å². The molecule has 4 nitrogen and oxygen atoms in total. The minimum Gasteiger partial charge on any atom is -0.309 e. The summed E-state index contributed by atoms with van der Waals surface area (Å²) in [5.74, 6) is 0. The molecule has 0 spiro atoms. The van der Waals surface area contributed by atoms with E-state index in [2.05, 4.69) is 42.2 Å². The van der Waals surface area contributed by atoms with Gasteiger partial charge in [-0.1, -0.05) is 6.92 Å². The second kappa shape index (κ2) is 9.32. The van der Waals surface area contributed by atoms with Gasteiger partial charge in [-0.05, 0) is 73.5 Å². The summed E-state index contributed by atoms with van der Waals surface area (Å²) in [7, 11) is 6.08. The zero-order valence-electron chi connectivity index (χ0n) is 12.8. The molecule has 0 aliphatic rings. The summed E-state index contributed by atoms with van der Waals surface area (Å²) < 4.78 is 0. The molecule has 0 amide bonds. The summed E-state index contributed by atoms with van der Waals surface area (Å²) in [6.07, 6.45) is 3.19. The fourth-order valence-electron chi connectivity index (χ4n) is 1.93. The highest BCUT2D eigenvalue weighted by Crippen LogP contribution is 2.11. The maximum atomic E-state index is 9.08. The van der Waals surface area contributed by atoms with E-state index in [0.29, 0.717) is 0 Å². The Morgan fingerprint density at radius 3 is 2.22 bits per heavy atom. The van der Waals surface area contributed by atoms with Crippen LogP contribution in [-0.4, -0.2) is 62.7 Å². The van der Waals surface area contributed by atoms with Crippen LogP contribution < -0.4 is 5.32 Å². The third-order valence-corrected chi connectivity index (χ3v) is 3.48. The van der Waals surface area contributed by atoms with Gasteiger partial charge in [-0.3, -0.25) is 0 Å². The zero-order chi connectivity index (χ0) is 14.0. The predicted molar refractivity (Wildman–Crippen MR) is 77.6 cm³/mol. The Bertz CT molecular complexity index is 247. The summed E-state index contributed by atoms with van der Waals surface area (Å²) in [4.78, 5) is 4.69. The first kappa shape index (κ1) is 17.4. The predicted octanol–water partition coefficient (Wildman–Crippen LogP) is 1.54. The summed E-state index contributed by atoms with van der Waals surface area (Å²) in [5.41, 5.74) is -0.372. The Hall–Kier alpha value is -0.630. The van der Waals surface area contributed by atoms with Crippen molar-refractivity contribution in [3.63, 3.8) is 0 Å². The molecule has 0 aromatic heterocycles. The van der Waals surface area contributed by atoms with Crippen LogP contribution in [0.3, 0.4) is 0 Å². The van der Waals surface area contributed by atoms with Crippen molar-refractivity contribution in [2.75, 3.05) is 47.3 Å². The van der Waals surface area contributed by atoms with Gasteiger partial charge in [-0.15, -0.1) is 0 Å². The first-order chi connectivity index (χ1) is 8.47. The molecule has 0 aromatic rings. The lowest BCUT2D eigenvalue weighted by molar-refractivity contribution is 0.254. The minimum absolute atomic E-state index is 0.372. The lowest BCUT2D eigenvalue weighted by atomic mass is 9.98. The molecule has 1 unspecified atom stereocenters. The van der Waals surface area contributed by atoms with Crippen molar-refractivity contribution in [2.24, 2.45) is 0 Å². The Kier molecular flexibility index (Phi) is 8.99. The van der Waals surface area contributed by atoms with Gasteiger partial charge in [0, 0.05) is 0 Å². The Labute approximate surface area is 113 Å². The molecule has 1 atom stereocenters. The van der Waals surface area contributed by atoms with Crippen LogP contribution in [0.1, 0.15) is 33.1 Å². The summed E-state index contributed by atoms with van der Waals surface area (Å²) in [6.45, 7) is 8.64. The SMILES string of the molecule is CCN(CCCN(C)C)CCCC(C)(C#N)NC. The molecule has 0 saturated carbocycles. The fourth-order valence-corrected chi connectivity index (χ4v) is 1.93. The minimum atomic E-state index is -0.372. The van der Waals surface area contributed by atoms with Crippen molar-refractivity contribution < 1.29 is 0 Å². The van der Waals surface area contributed by atoms with E-state index in [1.54, 1.807) is 0 Å². The third kappa shape index (κ3) is 7.65. The number of hydrogen-bond donors (Lipinski definition) is 1. The van der Waals surface area contributed by atoms with E-state index in [-0.39, 0.29) is 5.54 Å². The van der Waals surface area contributed by atoms with Crippen LogP contribution in [0.25, 0.3) is 0 Å². The van der Waals surface area contributed by atoms with Crippen LogP contribution in [0.15, 0.2) is 0 Å². The average molecular weight is 254 g/mol. The van der Waals surface area contributed by atoms with Crippen molar-refractivity contribution in [3.8, 4) is 6.07 Å². The molecule has 0 rings (SSSR count). The van der Waals surface area contributed by atoms with E-state index >= 15 is 0 Å². The summed E-state index contributed by atoms with van der Waals surface area (Å²) in [5, 5.41) is 12.2. The summed E-state index contributed by atoms with van der Waals surface area (Å²) >= 11 is 0. The number of nitriles is 1. The average Bonchev–Trinajstić information content (AvgIpc) is 2.36. The molecular formula is C14H30N4. The van der Waals surface area contributed by atoms with Gasteiger partial charge in [-0.2, -0.15) is 5.26 Å². The van der Waals surface area contributed by atoms with Gasteiger partial charge < -0.3 is 15.1 Å². The van der Waals surface area contributed by atoms with Crippen LogP contribution in [0, 0.1) is 11.3 Å². The normalized spacial score (nSPS) is 14.8. The molecule has 0 bridgehead atoms. The quantitative estimate of drug-likeness (QED) is 0.642. The van der Waals surface area contributed by atoms with Crippen LogP contribution in [0.5, 0.6) is 0 Å². The lowest BCUT2D eigenvalue weighted by Crippen LogP contribution is -2.39. The molecule has 0 saturated heterocycles. The monoisotopic (exact) mass is 254 g/mol. The Balaban J connectivity index is 3.84. The molecule has 0 aromatic carbocycles. The molecule has 106 valence electrons. The van der Waals surface area contributed by atoms with Crippen molar-refractivity contribution in [1.29, 1.82) is 5.26 Å².